The minimum atomic E-state index is 0.675. The van der Waals surface area contributed by atoms with Crippen molar-refractivity contribution >= 4 is 11.6 Å². The van der Waals surface area contributed by atoms with Crippen LogP contribution in [0.4, 0.5) is 0 Å². The van der Waals surface area contributed by atoms with Crippen LogP contribution >= 0.6 is 11.6 Å². The Morgan fingerprint density at radius 3 is 2.33 bits per heavy atom. The Morgan fingerprint density at radius 1 is 1.17 bits per heavy atom. The third-order valence-electron chi connectivity index (χ3n) is 2.69. The summed E-state index contributed by atoms with van der Waals surface area (Å²) in [6.45, 7) is 7.55. The Bertz CT molecular complexity index is 357. The highest BCUT2D eigenvalue weighted by atomic mass is 35.5. The van der Waals surface area contributed by atoms with Crippen molar-refractivity contribution in [3.63, 3.8) is 0 Å². The van der Waals surface area contributed by atoms with Crippen molar-refractivity contribution in [1.29, 1.82) is 0 Å². The van der Waals surface area contributed by atoms with E-state index >= 15 is 0 Å². The van der Waals surface area contributed by atoms with Gasteiger partial charge in [0, 0.05) is 24.7 Å². The highest BCUT2D eigenvalue weighted by Gasteiger charge is 2.03. The first-order valence-electron chi connectivity index (χ1n) is 6.25. The van der Waals surface area contributed by atoms with Gasteiger partial charge in [-0.3, -0.25) is 0 Å². The SMILES string of the molecule is Cc1cc(OCCNCCN(C)C)cc(C)c1Cl. The number of halogens is 1. The van der Waals surface area contributed by atoms with Gasteiger partial charge < -0.3 is 15.0 Å². The molecule has 18 heavy (non-hydrogen) atoms. The van der Waals surface area contributed by atoms with Crippen molar-refractivity contribution in [3.05, 3.63) is 28.3 Å². The number of rotatable bonds is 7. The molecule has 3 nitrogen and oxygen atoms in total. The average Bonchev–Trinajstić information content (AvgIpc) is 2.30. The first kappa shape index (κ1) is 15.3. The second-order valence-corrected chi connectivity index (χ2v) is 5.15. The molecule has 0 spiro atoms. The molecule has 0 bridgehead atoms. The monoisotopic (exact) mass is 270 g/mol. The van der Waals surface area contributed by atoms with Gasteiger partial charge in [-0.25, -0.2) is 0 Å². The fourth-order valence-corrected chi connectivity index (χ4v) is 1.77. The van der Waals surface area contributed by atoms with Gasteiger partial charge in [-0.15, -0.1) is 0 Å². The Morgan fingerprint density at radius 2 is 1.78 bits per heavy atom. The van der Waals surface area contributed by atoms with Crippen molar-refractivity contribution in [2.75, 3.05) is 40.3 Å². The second-order valence-electron chi connectivity index (χ2n) is 4.77. The maximum absolute atomic E-state index is 6.11. The summed E-state index contributed by atoms with van der Waals surface area (Å²) in [7, 11) is 4.13. The van der Waals surface area contributed by atoms with Gasteiger partial charge in [-0.1, -0.05) is 11.6 Å². The van der Waals surface area contributed by atoms with E-state index in [1.165, 1.54) is 0 Å². The Balaban J connectivity index is 2.27. The second kappa shape index (κ2) is 7.62. The van der Waals surface area contributed by atoms with Crippen molar-refractivity contribution in [3.8, 4) is 5.75 Å². The number of nitrogens with one attached hydrogen (secondary N) is 1. The van der Waals surface area contributed by atoms with Crippen LogP contribution in [-0.2, 0) is 0 Å². The van der Waals surface area contributed by atoms with E-state index in [1.54, 1.807) is 0 Å². The molecule has 102 valence electrons. The number of aryl methyl sites for hydroxylation is 2. The third-order valence-corrected chi connectivity index (χ3v) is 3.29. The average molecular weight is 271 g/mol. The summed E-state index contributed by atoms with van der Waals surface area (Å²) in [5.41, 5.74) is 2.12. The highest BCUT2D eigenvalue weighted by Crippen LogP contribution is 2.25. The fraction of sp³-hybridized carbons (Fsp3) is 0.571. The summed E-state index contributed by atoms with van der Waals surface area (Å²) in [5, 5.41) is 4.16. The smallest absolute Gasteiger partial charge is 0.119 e. The van der Waals surface area contributed by atoms with Crippen LogP contribution in [0.25, 0.3) is 0 Å². The number of likely N-dealkylation sites (N-methyl/N-ethyl adjacent to an activating group) is 1. The Kier molecular flexibility index (Phi) is 6.47. The molecule has 0 aromatic heterocycles. The maximum Gasteiger partial charge on any atom is 0.119 e. The van der Waals surface area contributed by atoms with Crippen LogP contribution in [0.15, 0.2) is 12.1 Å². The quantitative estimate of drug-likeness (QED) is 0.771. The van der Waals surface area contributed by atoms with E-state index in [0.717, 1.165) is 41.5 Å². The maximum atomic E-state index is 6.11. The zero-order valence-corrected chi connectivity index (χ0v) is 12.5. The summed E-state index contributed by atoms with van der Waals surface area (Å²) in [6.07, 6.45) is 0. The summed E-state index contributed by atoms with van der Waals surface area (Å²) in [6, 6.07) is 3.96. The van der Waals surface area contributed by atoms with E-state index < -0.39 is 0 Å². The van der Waals surface area contributed by atoms with Gasteiger partial charge in [-0.2, -0.15) is 0 Å². The summed E-state index contributed by atoms with van der Waals surface area (Å²) >= 11 is 6.11. The van der Waals surface area contributed by atoms with Gasteiger partial charge in [0.2, 0.25) is 0 Å². The molecule has 1 aromatic rings. The van der Waals surface area contributed by atoms with Gasteiger partial charge in [0.15, 0.2) is 0 Å². The van der Waals surface area contributed by atoms with Gasteiger partial charge in [0.05, 0.1) is 0 Å². The van der Waals surface area contributed by atoms with Crippen LogP contribution in [0.5, 0.6) is 5.75 Å². The van der Waals surface area contributed by atoms with Crippen LogP contribution in [0, 0.1) is 13.8 Å². The molecule has 0 heterocycles. The molecule has 0 aliphatic carbocycles. The van der Waals surface area contributed by atoms with Gasteiger partial charge in [0.25, 0.3) is 0 Å². The molecule has 0 aliphatic heterocycles. The lowest BCUT2D eigenvalue weighted by Gasteiger charge is -2.12. The molecule has 0 aliphatic rings. The highest BCUT2D eigenvalue weighted by molar-refractivity contribution is 6.32. The minimum absolute atomic E-state index is 0.675. The van der Waals surface area contributed by atoms with E-state index in [1.807, 2.05) is 26.0 Å². The van der Waals surface area contributed by atoms with Crippen LogP contribution in [0.3, 0.4) is 0 Å². The van der Waals surface area contributed by atoms with Crippen molar-refractivity contribution in [2.24, 2.45) is 0 Å². The topological polar surface area (TPSA) is 24.5 Å². The molecule has 0 amide bonds. The van der Waals surface area contributed by atoms with Crippen molar-refractivity contribution < 1.29 is 4.74 Å². The first-order chi connectivity index (χ1) is 8.50. The molecule has 0 fully saturated rings. The third kappa shape index (κ3) is 5.25. The molecule has 1 aromatic carbocycles. The minimum Gasteiger partial charge on any atom is -0.492 e. The molecule has 0 unspecified atom stereocenters. The van der Waals surface area contributed by atoms with E-state index in [-0.39, 0.29) is 0 Å². The molecule has 0 radical (unpaired) electrons. The van der Waals surface area contributed by atoms with Crippen molar-refractivity contribution in [2.45, 2.75) is 13.8 Å². The Labute approximate surface area is 115 Å². The van der Waals surface area contributed by atoms with Crippen LogP contribution in [-0.4, -0.2) is 45.2 Å². The largest absolute Gasteiger partial charge is 0.492 e. The molecule has 0 saturated heterocycles. The van der Waals surface area contributed by atoms with Gasteiger partial charge in [0.1, 0.15) is 12.4 Å². The fourth-order valence-electron chi connectivity index (χ4n) is 1.66. The standard InChI is InChI=1S/C14H23ClN2O/c1-11-9-13(10-12(2)14(11)15)18-8-6-16-5-7-17(3)4/h9-10,16H,5-8H2,1-4H3. The first-order valence-corrected chi connectivity index (χ1v) is 6.63. The lowest BCUT2D eigenvalue weighted by molar-refractivity contribution is 0.308. The molecule has 4 heteroatoms. The van der Waals surface area contributed by atoms with Crippen LogP contribution in [0.1, 0.15) is 11.1 Å². The van der Waals surface area contributed by atoms with E-state index in [0.29, 0.717) is 6.61 Å². The predicted octanol–water partition coefficient (Wildman–Crippen LogP) is 2.49. The van der Waals surface area contributed by atoms with Crippen LogP contribution in [0.2, 0.25) is 5.02 Å². The summed E-state index contributed by atoms with van der Waals surface area (Å²) in [4.78, 5) is 2.15. The Hall–Kier alpha value is -0.770. The lowest BCUT2D eigenvalue weighted by Crippen LogP contribution is -2.29. The predicted molar refractivity (Wildman–Crippen MR) is 77.8 cm³/mol. The molecule has 1 N–H and O–H groups in total. The zero-order valence-electron chi connectivity index (χ0n) is 11.7. The molecular formula is C14H23ClN2O. The number of hydrogen-bond donors (Lipinski definition) is 1. The number of benzene rings is 1. The normalized spacial score (nSPS) is 11.0. The summed E-state index contributed by atoms with van der Waals surface area (Å²) in [5.74, 6) is 0.892. The number of ether oxygens (including phenoxy) is 1. The van der Waals surface area contributed by atoms with Gasteiger partial charge in [-0.05, 0) is 51.2 Å². The molecular weight excluding hydrogens is 248 g/mol. The molecule has 1 rings (SSSR count). The number of hydrogen-bond acceptors (Lipinski definition) is 3. The summed E-state index contributed by atoms with van der Waals surface area (Å²) < 4.78 is 5.69. The van der Waals surface area contributed by atoms with E-state index in [9.17, 15) is 0 Å². The van der Waals surface area contributed by atoms with Gasteiger partial charge >= 0.3 is 0 Å². The number of nitrogens with zero attached hydrogens (tertiary/aromatic N) is 1. The lowest BCUT2D eigenvalue weighted by atomic mass is 10.1. The van der Waals surface area contributed by atoms with Crippen LogP contribution < -0.4 is 10.1 Å². The molecule has 0 atom stereocenters. The zero-order chi connectivity index (χ0) is 13.5. The van der Waals surface area contributed by atoms with Crippen molar-refractivity contribution in [1.82, 2.24) is 10.2 Å². The van der Waals surface area contributed by atoms with E-state index in [4.69, 9.17) is 16.3 Å². The molecule has 0 saturated carbocycles. The van der Waals surface area contributed by atoms with E-state index in [2.05, 4.69) is 24.3 Å².